The molecule has 1 heterocycles. The molecule has 4 nitrogen and oxygen atoms in total. The Morgan fingerprint density at radius 2 is 2.29 bits per heavy atom. The molecule has 1 aromatic heterocycles. The number of hydrogen-bond acceptors (Lipinski definition) is 2. The highest BCUT2D eigenvalue weighted by Crippen LogP contribution is 2.25. The average molecular weight is 207 g/mol. The molecule has 0 saturated heterocycles. The maximum Gasteiger partial charge on any atom is 0.291 e. The summed E-state index contributed by atoms with van der Waals surface area (Å²) in [7, 11) is 0. The zero-order chi connectivity index (χ0) is 10.9. The SMILES string of the molecule is CC(F)(C(F)F)n1cc(C(N)=O)cn1. The quantitative estimate of drug-likeness (QED) is 0.800. The second-order valence-electron chi connectivity index (χ2n) is 2.86. The molecule has 0 radical (unpaired) electrons. The van der Waals surface area contributed by atoms with Gasteiger partial charge in [-0.3, -0.25) is 4.79 Å². The van der Waals surface area contributed by atoms with Crippen molar-refractivity contribution in [2.75, 3.05) is 0 Å². The van der Waals surface area contributed by atoms with Crippen molar-refractivity contribution >= 4 is 5.91 Å². The summed E-state index contributed by atoms with van der Waals surface area (Å²) in [6, 6.07) is 0. The first kappa shape index (κ1) is 10.6. The number of aromatic nitrogens is 2. The van der Waals surface area contributed by atoms with E-state index in [1.54, 1.807) is 0 Å². The summed E-state index contributed by atoms with van der Waals surface area (Å²) in [5, 5.41) is 3.29. The summed E-state index contributed by atoms with van der Waals surface area (Å²) >= 11 is 0. The molecule has 1 unspecified atom stereocenters. The van der Waals surface area contributed by atoms with Gasteiger partial charge in [0.2, 0.25) is 0 Å². The molecule has 1 aromatic rings. The average Bonchev–Trinajstić information content (AvgIpc) is 2.51. The van der Waals surface area contributed by atoms with Gasteiger partial charge in [-0.1, -0.05) is 0 Å². The number of hydrogen-bond donors (Lipinski definition) is 1. The lowest BCUT2D eigenvalue weighted by Crippen LogP contribution is -2.33. The summed E-state index contributed by atoms with van der Waals surface area (Å²) in [4.78, 5) is 10.6. The van der Waals surface area contributed by atoms with E-state index in [4.69, 9.17) is 5.73 Å². The van der Waals surface area contributed by atoms with Gasteiger partial charge < -0.3 is 5.73 Å². The highest BCUT2D eigenvalue weighted by Gasteiger charge is 2.38. The van der Waals surface area contributed by atoms with Crippen molar-refractivity contribution < 1.29 is 18.0 Å². The lowest BCUT2D eigenvalue weighted by atomic mass is 10.3. The van der Waals surface area contributed by atoms with Crippen LogP contribution in [-0.2, 0) is 5.79 Å². The summed E-state index contributed by atoms with van der Waals surface area (Å²) in [5.41, 5.74) is 4.73. The Labute approximate surface area is 77.5 Å². The molecule has 78 valence electrons. The van der Waals surface area contributed by atoms with Crippen LogP contribution in [0.2, 0.25) is 0 Å². The second kappa shape index (κ2) is 3.32. The molecule has 0 aliphatic rings. The Kier molecular flexibility index (Phi) is 2.50. The van der Waals surface area contributed by atoms with Gasteiger partial charge in [-0.05, 0) is 6.92 Å². The lowest BCUT2D eigenvalue weighted by molar-refractivity contribution is -0.0855. The van der Waals surface area contributed by atoms with Crippen LogP contribution < -0.4 is 5.73 Å². The summed E-state index contributed by atoms with van der Waals surface area (Å²) in [5.74, 6) is -3.78. The maximum absolute atomic E-state index is 13.2. The number of halogens is 3. The van der Waals surface area contributed by atoms with Crippen LogP contribution in [0.15, 0.2) is 12.4 Å². The van der Waals surface area contributed by atoms with Crippen LogP contribution >= 0.6 is 0 Å². The van der Waals surface area contributed by atoms with Crippen molar-refractivity contribution in [2.24, 2.45) is 5.73 Å². The molecule has 14 heavy (non-hydrogen) atoms. The number of primary amides is 1. The monoisotopic (exact) mass is 207 g/mol. The van der Waals surface area contributed by atoms with E-state index in [1.807, 2.05) is 0 Å². The molecule has 0 bridgehead atoms. The first-order chi connectivity index (χ1) is 6.35. The van der Waals surface area contributed by atoms with E-state index < -0.39 is 18.1 Å². The van der Waals surface area contributed by atoms with Gasteiger partial charge in [0.1, 0.15) is 0 Å². The highest BCUT2D eigenvalue weighted by atomic mass is 19.3. The van der Waals surface area contributed by atoms with Crippen molar-refractivity contribution in [2.45, 2.75) is 19.1 Å². The van der Waals surface area contributed by atoms with Gasteiger partial charge in [0, 0.05) is 6.20 Å². The number of nitrogens with zero attached hydrogens (tertiary/aromatic N) is 2. The fourth-order valence-corrected chi connectivity index (χ4v) is 0.789. The molecule has 1 amide bonds. The van der Waals surface area contributed by atoms with Crippen molar-refractivity contribution in [1.82, 2.24) is 9.78 Å². The van der Waals surface area contributed by atoms with Crippen LogP contribution in [0.4, 0.5) is 13.2 Å². The first-order valence-electron chi connectivity index (χ1n) is 3.67. The van der Waals surface area contributed by atoms with Gasteiger partial charge in [0.25, 0.3) is 18.1 Å². The number of alkyl halides is 3. The van der Waals surface area contributed by atoms with Gasteiger partial charge >= 0.3 is 0 Å². The van der Waals surface area contributed by atoms with E-state index in [0.29, 0.717) is 11.6 Å². The summed E-state index contributed by atoms with van der Waals surface area (Å²) < 4.78 is 37.9. The van der Waals surface area contributed by atoms with E-state index in [9.17, 15) is 18.0 Å². The van der Waals surface area contributed by atoms with Gasteiger partial charge in [0.15, 0.2) is 0 Å². The Balaban J connectivity index is 3.02. The maximum atomic E-state index is 13.2. The summed E-state index contributed by atoms with van der Waals surface area (Å²) in [6.07, 6.45) is -1.46. The van der Waals surface area contributed by atoms with Crippen LogP contribution in [0.3, 0.4) is 0 Å². The van der Waals surface area contributed by atoms with E-state index in [0.717, 1.165) is 12.4 Å². The standard InChI is InChI=1S/C7H8F3N3O/c1-7(10,6(8)9)13-3-4(2-12-13)5(11)14/h2-3,6H,1H3,(H2,11,14). The molecule has 0 aliphatic heterocycles. The van der Waals surface area contributed by atoms with Crippen molar-refractivity contribution in [1.29, 1.82) is 0 Å². The number of carbonyl (C=O) groups is 1. The number of nitrogens with two attached hydrogens (primary N) is 1. The Morgan fingerprint density at radius 3 is 2.64 bits per heavy atom. The molecule has 7 heteroatoms. The highest BCUT2D eigenvalue weighted by molar-refractivity contribution is 5.92. The first-order valence-corrected chi connectivity index (χ1v) is 3.67. The number of carbonyl (C=O) groups excluding carboxylic acids is 1. The number of rotatable bonds is 3. The van der Waals surface area contributed by atoms with Crippen LogP contribution in [0.5, 0.6) is 0 Å². The molecule has 1 atom stereocenters. The topological polar surface area (TPSA) is 60.9 Å². The number of amides is 1. The molecule has 0 fully saturated rings. The fourth-order valence-electron chi connectivity index (χ4n) is 0.789. The van der Waals surface area contributed by atoms with Crippen molar-refractivity contribution in [3.63, 3.8) is 0 Å². The van der Waals surface area contributed by atoms with Gasteiger partial charge in [-0.2, -0.15) is 5.10 Å². The van der Waals surface area contributed by atoms with E-state index in [1.165, 1.54) is 0 Å². The second-order valence-corrected chi connectivity index (χ2v) is 2.86. The van der Waals surface area contributed by atoms with Crippen molar-refractivity contribution in [3.05, 3.63) is 18.0 Å². The Morgan fingerprint density at radius 1 is 1.71 bits per heavy atom. The van der Waals surface area contributed by atoms with E-state index >= 15 is 0 Å². The zero-order valence-corrected chi connectivity index (χ0v) is 7.25. The van der Waals surface area contributed by atoms with Gasteiger partial charge in [-0.25, -0.2) is 17.9 Å². The van der Waals surface area contributed by atoms with E-state index in [2.05, 4.69) is 5.10 Å². The third-order valence-electron chi connectivity index (χ3n) is 1.71. The largest absolute Gasteiger partial charge is 0.366 e. The Bertz CT molecular complexity index is 348. The normalized spacial score (nSPS) is 15.5. The van der Waals surface area contributed by atoms with Crippen LogP contribution in [-0.4, -0.2) is 22.1 Å². The van der Waals surface area contributed by atoms with Crippen molar-refractivity contribution in [3.8, 4) is 0 Å². The zero-order valence-electron chi connectivity index (χ0n) is 7.25. The van der Waals surface area contributed by atoms with E-state index in [-0.39, 0.29) is 5.56 Å². The third-order valence-corrected chi connectivity index (χ3v) is 1.71. The minimum atomic E-state index is -3.23. The third kappa shape index (κ3) is 1.70. The lowest BCUT2D eigenvalue weighted by Gasteiger charge is -2.19. The minimum Gasteiger partial charge on any atom is -0.366 e. The predicted molar refractivity (Wildman–Crippen MR) is 41.5 cm³/mol. The molecule has 2 N–H and O–H groups in total. The molecule has 0 spiro atoms. The predicted octanol–water partition coefficient (Wildman–Crippen LogP) is 0.889. The van der Waals surface area contributed by atoms with Gasteiger partial charge in [-0.15, -0.1) is 0 Å². The molecule has 1 rings (SSSR count). The van der Waals surface area contributed by atoms with Crippen LogP contribution in [0.1, 0.15) is 17.3 Å². The molecule has 0 aliphatic carbocycles. The minimum absolute atomic E-state index is 0.116. The van der Waals surface area contributed by atoms with Crippen LogP contribution in [0.25, 0.3) is 0 Å². The fraction of sp³-hybridized carbons (Fsp3) is 0.429. The summed E-state index contributed by atoms with van der Waals surface area (Å²) in [6.45, 7) is 0.662. The Hall–Kier alpha value is -1.53. The molecule has 0 aromatic carbocycles. The van der Waals surface area contributed by atoms with Gasteiger partial charge in [0.05, 0.1) is 11.8 Å². The molecule has 0 saturated carbocycles. The molecular formula is C7H8F3N3O. The van der Waals surface area contributed by atoms with Crippen LogP contribution in [0, 0.1) is 0 Å². The smallest absolute Gasteiger partial charge is 0.291 e. The molecular weight excluding hydrogens is 199 g/mol.